The summed E-state index contributed by atoms with van der Waals surface area (Å²) in [4.78, 5) is 12.4. The number of rotatable bonds is 1. The highest BCUT2D eigenvalue weighted by Gasteiger charge is 2.08. The molecule has 4 heteroatoms. The van der Waals surface area contributed by atoms with E-state index in [0.717, 1.165) is 5.56 Å². The van der Waals surface area contributed by atoms with Crippen LogP contribution in [0.5, 0.6) is 0 Å². The van der Waals surface area contributed by atoms with Crippen molar-refractivity contribution >= 4 is 33.5 Å². The second kappa shape index (κ2) is 4.42. The highest BCUT2D eigenvalue weighted by atomic mass is 35.5. The van der Waals surface area contributed by atoms with Crippen LogP contribution in [-0.4, -0.2) is 0 Å². The van der Waals surface area contributed by atoms with Gasteiger partial charge < -0.3 is 4.42 Å². The SMILES string of the molecule is N#CCc1ccc2oc3ccc(Cl)cc3c(=O)c2c1. The average molecular weight is 270 g/mol. The molecule has 0 unspecified atom stereocenters. The molecule has 0 atom stereocenters. The van der Waals surface area contributed by atoms with Crippen molar-refractivity contribution in [3.63, 3.8) is 0 Å². The Labute approximate surface area is 113 Å². The molecule has 0 fully saturated rings. The number of nitriles is 1. The first-order valence-corrected chi connectivity index (χ1v) is 6.09. The first-order valence-electron chi connectivity index (χ1n) is 5.71. The zero-order valence-corrected chi connectivity index (χ0v) is 10.6. The minimum absolute atomic E-state index is 0.126. The van der Waals surface area contributed by atoms with E-state index in [9.17, 15) is 4.79 Å². The van der Waals surface area contributed by atoms with Gasteiger partial charge in [-0.25, -0.2) is 0 Å². The zero-order valence-electron chi connectivity index (χ0n) is 9.81. The van der Waals surface area contributed by atoms with Gasteiger partial charge in [-0.3, -0.25) is 4.79 Å². The molecule has 0 spiro atoms. The lowest BCUT2D eigenvalue weighted by atomic mass is 10.1. The van der Waals surface area contributed by atoms with Crippen LogP contribution >= 0.6 is 11.6 Å². The lowest BCUT2D eigenvalue weighted by molar-refractivity contribution is 0.660. The topological polar surface area (TPSA) is 54.0 Å². The summed E-state index contributed by atoms with van der Waals surface area (Å²) in [6.07, 6.45) is 0.267. The van der Waals surface area contributed by atoms with Crippen molar-refractivity contribution in [3.05, 3.63) is 57.2 Å². The molecule has 3 rings (SSSR count). The van der Waals surface area contributed by atoms with Crippen LogP contribution in [0, 0.1) is 11.3 Å². The van der Waals surface area contributed by atoms with Gasteiger partial charge in [0.1, 0.15) is 11.2 Å². The maximum absolute atomic E-state index is 12.4. The standard InChI is InChI=1S/C15H8ClNO2/c16-10-2-4-14-12(8-10)15(18)11-7-9(5-6-17)1-3-13(11)19-14/h1-4,7-8H,5H2. The first-order chi connectivity index (χ1) is 9.19. The average Bonchev–Trinajstić information content (AvgIpc) is 2.41. The molecule has 2 aromatic carbocycles. The number of nitrogens with zero attached hydrogens (tertiary/aromatic N) is 1. The van der Waals surface area contributed by atoms with Crippen LogP contribution in [0.1, 0.15) is 5.56 Å². The lowest BCUT2D eigenvalue weighted by Gasteiger charge is -2.03. The molecule has 0 aliphatic rings. The van der Waals surface area contributed by atoms with Gasteiger partial charge in [-0.15, -0.1) is 0 Å². The van der Waals surface area contributed by atoms with Crippen molar-refractivity contribution in [2.75, 3.05) is 0 Å². The summed E-state index contributed by atoms with van der Waals surface area (Å²) in [5.74, 6) is 0. The summed E-state index contributed by atoms with van der Waals surface area (Å²) in [7, 11) is 0. The van der Waals surface area contributed by atoms with Gasteiger partial charge in [-0.05, 0) is 35.9 Å². The van der Waals surface area contributed by atoms with Crippen molar-refractivity contribution in [2.24, 2.45) is 0 Å². The summed E-state index contributed by atoms with van der Waals surface area (Å²) in [6, 6.07) is 12.2. The van der Waals surface area contributed by atoms with Gasteiger partial charge in [0.2, 0.25) is 5.43 Å². The van der Waals surface area contributed by atoms with Crippen molar-refractivity contribution in [3.8, 4) is 6.07 Å². The van der Waals surface area contributed by atoms with Crippen molar-refractivity contribution in [2.45, 2.75) is 6.42 Å². The molecule has 3 aromatic rings. The van der Waals surface area contributed by atoms with E-state index in [4.69, 9.17) is 21.3 Å². The molecule has 0 saturated heterocycles. The van der Waals surface area contributed by atoms with Crippen LogP contribution in [0.3, 0.4) is 0 Å². The van der Waals surface area contributed by atoms with Crippen molar-refractivity contribution in [1.82, 2.24) is 0 Å². The third kappa shape index (κ3) is 1.96. The van der Waals surface area contributed by atoms with Crippen molar-refractivity contribution in [1.29, 1.82) is 5.26 Å². The highest BCUT2D eigenvalue weighted by Crippen LogP contribution is 2.22. The van der Waals surface area contributed by atoms with E-state index in [1.165, 1.54) is 0 Å². The fourth-order valence-corrected chi connectivity index (χ4v) is 2.25. The smallest absolute Gasteiger partial charge is 0.200 e. The predicted molar refractivity (Wildman–Crippen MR) is 74.3 cm³/mol. The normalized spacial score (nSPS) is 10.7. The van der Waals surface area contributed by atoms with Gasteiger partial charge in [0.25, 0.3) is 0 Å². The maximum Gasteiger partial charge on any atom is 0.200 e. The Morgan fingerprint density at radius 3 is 2.53 bits per heavy atom. The Bertz CT molecular complexity index is 890. The van der Waals surface area contributed by atoms with Crippen LogP contribution in [0.2, 0.25) is 5.02 Å². The Hall–Kier alpha value is -2.31. The Balaban J connectivity index is 2.42. The van der Waals surface area contributed by atoms with Gasteiger partial charge in [0.15, 0.2) is 0 Å². The van der Waals surface area contributed by atoms with Crippen molar-refractivity contribution < 1.29 is 4.42 Å². The molecular formula is C15H8ClNO2. The van der Waals surface area contributed by atoms with E-state index in [2.05, 4.69) is 6.07 Å². The molecular weight excluding hydrogens is 262 g/mol. The third-order valence-corrected chi connectivity index (χ3v) is 3.21. The van der Waals surface area contributed by atoms with Gasteiger partial charge in [-0.2, -0.15) is 5.26 Å². The van der Waals surface area contributed by atoms with Gasteiger partial charge in [0, 0.05) is 5.02 Å². The van der Waals surface area contributed by atoms with Gasteiger partial charge in [0.05, 0.1) is 23.3 Å². The second-order valence-electron chi connectivity index (χ2n) is 4.24. The lowest BCUT2D eigenvalue weighted by Crippen LogP contribution is -2.02. The van der Waals surface area contributed by atoms with Crippen LogP contribution < -0.4 is 5.43 Å². The van der Waals surface area contributed by atoms with E-state index >= 15 is 0 Å². The maximum atomic E-state index is 12.4. The predicted octanol–water partition coefficient (Wildman–Crippen LogP) is 3.67. The molecule has 0 aliphatic heterocycles. The molecule has 1 heterocycles. The van der Waals surface area contributed by atoms with Crippen LogP contribution in [-0.2, 0) is 6.42 Å². The molecule has 1 aromatic heterocycles. The number of fused-ring (bicyclic) bond motifs is 2. The quantitative estimate of drug-likeness (QED) is 0.634. The fraction of sp³-hybridized carbons (Fsp3) is 0.0667. The molecule has 0 amide bonds. The van der Waals surface area contributed by atoms with E-state index in [0.29, 0.717) is 27.0 Å². The number of benzene rings is 2. The highest BCUT2D eigenvalue weighted by molar-refractivity contribution is 6.31. The molecule has 92 valence electrons. The second-order valence-corrected chi connectivity index (χ2v) is 4.67. The number of hydrogen-bond donors (Lipinski definition) is 0. The molecule has 19 heavy (non-hydrogen) atoms. The summed E-state index contributed by atoms with van der Waals surface area (Å²) < 4.78 is 5.67. The number of hydrogen-bond acceptors (Lipinski definition) is 3. The van der Waals surface area contributed by atoms with Gasteiger partial charge in [-0.1, -0.05) is 17.7 Å². The molecule has 3 nitrogen and oxygen atoms in total. The molecule has 0 N–H and O–H groups in total. The summed E-state index contributed by atoms with van der Waals surface area (Å²) in [5.41, 5.74) is 1.69. The minimum Gasteiger partial charge on any atom is -0.456 e. The fourth-order valence-electron chi connectivity index (χ4n) is 2.08. The van der Waals surface area contributed by atoms with E-state index in [-0.39, 0.29) is 11.8 Å². The van der Waals surface area contributed by atoms with Crippen LogP contribution in [0.25, 0.3) is 21.9 Å². The van der Waals surface area contributed by atoms with Crippen LogP contribution in [0.4, 0.5) is 0 Å². The van der Waals surface area contributed by atoms with E-state index < -0.39 is 0 Å². The minimum atomic E-state index is -0.126. The Morgan fingerprint density at radius 1 is 1.11 bits per heavy atom. The Morgan fingerprint density at radius 2 is 1.79 bits per heavy atom. The monoisotopic (exact) mass is 269 g/mol. The largest absolute Gasteiger partial charge is 0.456 e. The number of halogens is 1. The first kappa shape index (κ1) is 11.8. The summed E-state index contributed by atoms with van der Waals surface area (Å²) in [5, 5.41) is 10.1. The Kier molecular flexibility index (Phi) is 2.73. The molecule has 0 aliphatic carbocycles. The molecule has 0 bridgehead atoms. The third-order valence-electron chi connectivity index (χ3n) is 2.98. The summed E-state index contributed by atoms with van der Waals surface area (Å²) in [6.45, 7) is 0. The van der Waals surface area contributed by atoms with E-state index in [1.54, 1.807) is 36.4 Å². The van der Waals surface area contributed by atoms with Crippen LogP contribution in [0.15, 0.2) is 45.6 Å². The molecule has 0 saturated carbocycles. The van der Waals surface area contributed by atoms with Gasteiger partial charge >= 0.3 is 0 Å². The zero-order chi connectivity index (χ0) is 13.4. The summed E-state index contributed by atoms with van der Waals surface area (Å²) >= 11 is 5.90. The van der Waals surface area contributed by atoms with E-state index in [1.807, 2.05) is 0 Å². The molecule has 0 radical (unpaired) electrons.